The Balaban J connectivity index is 5.21. The Morgan fingerprint density at radius 3 is 1.69 bits per heavy atom. The second-order valence-electron chi connectivity index (χ2n) is 7.34. The molecule has 0 aliphatic rings. The maximum atomic E-state index is 12.6. The van der Waals surface area contributed by atoms with E-state index in [0.29, 0.717) is 37.2 Å². The maximum Gasteiger partial charge on any atom is 0.334 e. The minimum absolute atomic E-state index is 0.276. The molecule has 0 saturated heterocycles. The molecule has 0 aromatic heterocycles. The van der Waals surface area contributed by atoms with Gasteiger partial charge >= 0.3 is 11.9 Å². The van der Waals surface area contributed by atoms with E-state index in [9.17, 15) is 9.59 Å². The van der Waals surface area contributed by atoms with Gasteiger partial charge in [0, 0.05) is 11.1 Å². The summed E-state index contributed by atoms with van der Waals surface area (Å²) in [5.41, 5.74) is 1.05. The Hall–Kier alpha value is -1.32. The summed E-state index contributed by atoms with van der Waals surface area (Å²) in [6.07, 6.45) is 9.54. The second-order valence-corrected chi connectivity index (χ2v) is 7.34. The average Bonchev–Trinajstić information content (AvgIpc) is 2.61. The van der Waals surface area contributed by atoms with Gasteiger partial charge in [-0.1, -0.05) is 66.7 Å². The number of hydrogen-bond acceptors (Lipinski definition) is 4. The highest BCUT2D eigenvalue weighted by atomic mass is 16.5. The van der Waals surface area contributed by atoms with Gasteiger partial charge < -0.3 is 9.47 Å². The van der Waals surface area contributed by atoms with Gasteiger partial charge in [0.15, 0.2) is 0 Å². The van der Waals surface area contributed by atoms with E-state index in [0.717, 1.165) is 25.7 Å². The van der Waals surface area contributed by atoms with Crippen LogP contribution in [-0.2, 0) is 19.1 Å². The fourth-order valence-electron chi connectivity index (χ4n) is 2.76. The van der Waals surface area contributed by atoms with E-state index in [4.69, 9.17) is 9.47 Å². The summed E-state index contributed by atoms with van der Waals surface area (Å²) >= 11 is 0. The van der Waals surface area contributed by atoms with Gasteiger partial charge in [-0.15, -0.1) is 0 Å². The molecule has 0 N–H and O–H groups in total. The van der Waals surface area contributed by atoms with Gasteiger partial charge in [-0.2, -0.15) is 0 Å². The van der Waals surface area contributed by atoms with E-state index in [-0.39, 0.29) is 17.9 Å². The first-order valence-electron chi connectivity index (χ1n) is 10.5. The smallest absolute Gasteiger partial charge is 0.334 e. The standard InChI is InChI=1S/C22H40O4/c1-6-9-10-11-12-13-14-19(21(23)25-15-7-2)20(17-18(4)5)22(24)26-16-8-3/h18H,6-17H2,1-5H3. The molecular formula is C22H40O4. The van der Waals surface area contributed by atoms with Gasteiger partial charge in [-0.25, -0.2) is 9.59 Å². The highest BCUT2D eigenvalue weighted by Crippen LogP contribution is 2.23. The molecule has 0 bridgehead atoms. The van der Waals surface area contributed by atoms with Crippen molar-refractivity contribution >= 4 is 11.9 Å². The molecule has 0 rings (SSSR count). The predicted molar refractivity (Wildman–Crippen MR) is 107 cm³/mol. The monoisotopic (exact) mass is 368 g/mol. The zero-order valence-electron chi connectivity index (χ0n) is 17.7. The molecule has 4 heteroatoms. The van der Waals surface area contributed by atoms with Gasteiger partial charge in [-0.05, 0) is 38.0 Å². The normalized spacial score (nSPS) is 12.1. The molecular weight excluding hydrogens is 328 g/mol. The maximum absolute atomic E-state index is 12.6. The SMILES string of the molecule is CCCCCCCCC(C(=O)OCCC)=C(CC(C)C)C(=O)OCCC. The van der Waals surface area contributed by atoms with Crippen molar-refractivity contribution in [1.29, 1.82) is 0 Å². The zero-order valence-corrected chi connectivity index (χ0v) is 17.7. The van der Waals surface area contributed by atoms with Gasteiger partial charge in [0.1, 0.15) is 0 Å². The Kier molecular flexibility index (Phi) is 15.1. The molecule has 0 saturated carbocycles. The van der Waals surface area contributed by atoms with Crippen molar-refractivity contribution in [3.8, 4) is 0 Å². The molecule has 0 spiro atoms. The summed E-state index contributed by atoms with van der Waals surface area (Å²) in [7, 11) is 0. The van der Waals surface area contributed by atoms with E-state index in [1.807, 2.05) is 27.7 Å². The molecule has 0 aliphatic carbocycles. The van der Waals surface area contributed by atoms with Crippen molar-refractivity contribution in [3.05, 3.63) is 11.1 Å². The van der Waals surface area contributed by atoms with Gasteiger partial charge in [0.05, 0.1) is 13.2 Å². The van der Waals surface area contributed by atoms with E-state index in [1.165, 1.54) is 25.7 Å². The number of rotatable bonds is 15. The van der Waals surface area contributed by atoms with Gasteiger partial charge in [0.25, 0.3) is 0 Å². The van der Waals surface area contributed by atoms with Crippen LogP contribution in [0, 0.1) is 5.92 Å². The van der Waals surface area contributed by atoms with Gasteiger partial charge in [0.2, 0.25) is 0 Å². The third kappa shape index (κ3) is 11.3. The fraction of sp³-hybridized carbons (Fsp3) is 0.818. The molecule has 0 aliphatic heterocycles. The summed E-state index contributed by atoms with van der Waals surface area (Å²) in [4.78, 5) is 25.1. The first-order valence-corrected chi connectivity index (χ1v) is 10.5. The highest BCUT2D eigenvalue weighted by molar-refractivity contribution is 6.00. The molecule has 152 valence electrons. The first-order chi connectivity index (χ1) is 12.5. The Labute approximate surface area is 160 Å². The van der Waals surface area contributed by atoms with Crippen LogP contribution in [0.1, 0.15) is 98.8 Å². The third-order valence-electron chi connectivity index (χ3n) is 4.12. The Morgan fingerprint density at radius 2 is 1.19 bits per heavy atom. The van der Waals surface area contributed by atoms with Gasteiger partial charge in [-0.3, -0.25) is 0 Å². The summed E-state index contributed by atoms with van der Waals surface area (Å²) in [6.45, 7) is 11.0. The van der Waals surface area contributed by atoms with E-state index < -0.39 is 0 Å². The van der Waals surface area contributed by atoms with Crippen LogP contribution >= 0.6 is 0 Å². The summed E-state index contributed by atoms with van der Waals surface area (Å²) in [5, 5.41) is 0. The van der Waals surface area contributed by atoms with Crippen LogP contribution in [0.2, 0.25) is 0 Å². The van der Waals surface area contributed by atoms with Crippen molar-refractivity contribution in [3.63, 3.8) is 0 Å². The minimum atomic E-state index is -0.352. The lowest BCUT2D eigenvalue weighted by molar-refractivity contribution is -0.142. The number of ether oxygens (including phenoxy) is 2. The molecule has 0 atom stereocenters. The number of unbranched alkanes of at least 4 members (excludes halogenated alkanes) is 5. The average molecular weight is 369 g/mol. The van der Waals surface area contributed by atoms with E-state index >= 15 is 0 Å². The Morgan fingerprint density at radius 1 is 0.692 bits per heavy atom. The zero-order chi connectivity index (χ0) is 19.8. The lowest BCUT2D eigenvalue weighted by atomic mass is 9.94. The molecule has 26 heavy (non-hydrogen) atoms. The van der Waals surface area contributed by atoms with Crippen LogP contribution in [0.5, 0.6) is 0 Å². The van der Waals surface area contributed by atoms with E-state index in [1.54, 1.807) is 0 Å². The largest absolute Gasteiger partial charge is 0.462 e. The fourth-order valence-corrected chi connectivity index (χ4v) is 2.76. The summed E-state index contributed by atoms with van der Waals surface area (Å²) < 4.78 is 10.7. The summed E-state index contributed by atoms with van der Waals surface area (Å²) in [6, 6.07) is 0. The molecule has 4 nitrogen and oxygen atoms in total. The number of carbonyl (C=O) groups is 2. The summed E-state index contributed by atoms with van der Waals surface area (Å²) in [5.74, 6) is -0.419. The molecule has 0 aromatic carbocycles. The lowest BCUT2D eigenvalue weighted by Gasteiger charge is -2.16. The predicted octanol–water partition coefficient (Wildman–Crippen LogP) is 5.99. The van der Waals surface area contributed by atoms with Crippen LogP contribution in [0.3, 0.4) is 0 Å². The number of esters is 2. The number of hydrogen-bond donors (Lipinski definition) is 0. The Bertz CT molecular complexity index is 424. The minimum Gasteiger partial charge on any atom is -0.462 e. The van der Waals surface area contributed by atoms with E-state index in [2.05, 4.69) is 6.92 Å². The highest BCUT2D eigenvalue weighted by Gasteiger charge is 2.23. The molecule has 0 unspecified atom stereocenters. The van der Waals surface area contributed by atoms with Crippen LogP contribution in [-0.4, -0.2) is 25.2 Å². The van der Waals surface area contributed by atoms with Crippen molar-refractivity contribution in [1.82, 2.24) is 0 Å². The van der Waals surface area contributed by atoms with Crippen molar-refractivity contribution in [2.24, 2.45) is 5.92 Å². The first kappa shape index (κ1) is 24.7. The molecule has 0 amide bonds. The van der Waals surface area contributed by atoms with Crippen molar-refractivity contribution in [2.75, 3.05) is 13.2 Å². The molecule has 0 radical (unpaired) electrons. The van der Waals surface area contributed by atoms with Crippen LogP contribution in [0.4, 0.5) is 0 Å². The quantitative estimate of drug-likeness (QED) is 0.202. The molecule has 0 fully saturated rings. The van der Waals surface area contributed by atoms with Crippen molar-refractivity contribution < 1.29 is 19.1 Å². The topological polar surface area (TPSA) is 52.6 Å². The van der Waals surface area contributed by atoms with Crippen LogP contribution in [0.25, 0.3) is 0 Å². The molecule has 0 aromatic rings. The second kappa shape index (κ2) is 15.9. The third-order valence-corrected chi connectivity index (χ3v) is 4.12. The number of carbonyl (C=O) groups excluding carboxylic acids is 2. The van der Waals surface area contributed by atoms with Crippen molar-refractivity contribution in [2.45, 2.75) is 98.8 Å². The molecule has 0 heterocycles. The van der Waals surface area contributed by atoms with Crippen LogP contribution < -0.4 is 0 Å². The van der Waals surface area contributed by atoms with Crippen LogP contribution in [0.15, 0.2) is 11.1 Å². The lowest BCUT2D eigenvalue weighted by Crippen LogP contribution is -2.19.